The fourth-order valence-electron chi connectivity index (χ4n) is 2.30. The van der Waals surface area contributed by atoms with Crippen LogP contribution in [0.3, 0.4) is 0 Å². The summed E-state index contributed by atoms with van der Waals surface area (Å²) < 4.78 is 61.9. The van der Waals surface area contributed by atoms with E-state index in [0.717, 1.165) is 12.3 Å². The number of hydrogen-bond acceptors (Lipinski definition) is 7. The molecule has 1 heterocycles. The van der Waals surface area contributed by atoms with Gasteiger partial charge >= 0.3 is 12.0 Å². The number of nitro groups is 1. The molecule has 0 aliphatic heterocycles. The quantitative estimate of drug-likeness (QED) is 0.375. The number of amides is 1. The van der Waals surface area contributed by atoms with Gasteiger partial charge in [-0.1, -0.05) is 23.2 Å². The fourth-order valence-corrected chi connectivity index (χ4v) is 3.48. The lowest BCUT2D eigenvalue weighted by atomic mass is 9.95. The minimum Gasteiger partial charge on any atom is -0.373 e. The second-order valence-electron chi connectivity index (χ2n) is 5.97. The molecule has 2 rings (SSSR count). The minimum absolute atomic E-state index is 0.165. The third kappa shape index (κ3) is 4.33. The van der Waals surface area contributed by atoms with E-state index in [1.807, 2.05) is 0 Å². The lowest BCUT2D eigenvalue weighted by Gasteiger charge is -2.29. The summed E-state index contributed by atoms with van der Waals surface area (Å²) in [7, 11) is -3.15. The van der Waals surface area contributed by atoms with E-state index in [4.69, 9.17) is 23.2 Å². The van der Waals surface area contributed by atoms with Gasteiger partial charge in [0.1, 0.15) is 17.1 Å². The van der Waals surface area contributed by atoms with Gasteiger partial charge in [0.15, 0.2) is 0 Å². The maximum atomic E-state index is 12.9. The minimum atomic E-state index is -5.38. The molecule has 0 radical (unpaired) electrons. The zero-order valence-corrected chi connectivity index (χ0v) is 16.9. The molecule has 162 valence electrons. The Bertz CT molecular complexity index is 1120. The summed E-state index contributed by atoms with van der Waals surface area (Å²) in [6, 6.07) is 0.615. The summed E-state index contributed by atoms with van der Waals surface area (Å²) in [5, 5.41) is 21.2. The summed E-state index contributed by atoms with van der Waals surface area (Å²) in [5.41, 5.74) is -4.34. The van der Waals surface area contributed by atoms with E-state index in [2.05, 4.69) is 4.98 Å². The number of alkyl halides is 3. The highest BCUT2D eigenvalue weighted by atomic mass is 35.5. The van der Waals surface area contributed by atoms with Crippen molar-refractivity contribution in [2.45, 2.75) is 24.7 Å². The molecule has 2 N–H and O–H groups in total. The molecule has 30 heavy (non-hydrogen) atoms. The monoisotopic (exact) mass is 487 g/mol. The van der Waals surface area contributed by atoms with Crippen LogP contribution in [0.5, 0.6) is 0 Å². The van der Waals surface area contributed by atoms with Crippen LogP contribution >= 0.6 is 23.2 Å². The average molecular weight is 488 g/mol. The second-order valence-corrected chi connectivity index (χ2v) is 7.69. The summed E-state index contributed by atoms with van der Waals surface area (Å²) >= 11 is 12.1. The largest absolute Gasteiger partial charge is 0.426 e. The first-order valence-corrected chi connectivity index (χ1v) is 9.46. The number of hydrogen-bond donors (Lipinski definition) is 2. The number of pyridine rings is 1. The van der Waals surface area contributed by atoms with Gasteiger partial charge in [0.05, 0.1) is 15.6 Å². The van der Waals surface area contributed by atoms with Crippen molar-refractivity contribution in [1.29, 1.82) is 0 Å². The zero-order chi connectivity index (χ0) is 23.0. The van der Waals surface area contributed by atoms with Crippen LogP contribution in [0.2, 0.25) is 0 Å². The second kappa shape index (κ2) is 8.34. The van der Waals surface area contributed by atoms with Crippen LogP contribution < -0.4 is 5.32 Å². The van der Waals surface area contributed by atoms with E-state index < -0.39 is 59.7 Å². The van der Waals surface area contributed by atoms with Crippen molar-refractivity contribution in [1.82, 2.24) is 10.3 Å². The highest BCUT2D eigenvalue weighted by Gasteiger charge is 2.56. The van der Waals surface area contributed by atoms with Gasteiger partial charge in [0.25, 0.3) is 5.91 Å². The first kappa shape index (κ1) is 23.8. The van der Waals surface area contributed by atoms with Gasteiger partial charge in [-0.15, -0.1) is 0 Å². The van der Waals surface area contributed by atoms with Crippen LogP contribution in [0.4, 0.5) is 19.0 Å². The highest BCUT2D eigenvalue weighted by molar-refractivity contribution is 7.73. The number of aromatic nitrogens is 1. The van der Waals surface area contributed by atoms with Crippen LogP contribution in [0, 0.1) is 10.1 Å². The lowest BCUT2D eigenvalue weighted by molar-refractivity contribution is -0.389. The Labute approximate surface area is 177 Å². The first-order chi connectivity index (χ1) is 13.7. The normalized spacial score (nSPS) is 19.1. The number of carbonyl (C=O) groups is 1. The van der Waals surface area contributed by atoms with Crippen molar-refractivity contribution in [2.24, 2.45) is 0 Å². The van der Waals surface area contributed by atoms with Crippen molar-refractivity contribution >= 4 is 55.7 Å². The number of aliphatic hydroxyl groups is 1. The van der Waals surface area contributed by atoms with Gasteiger partial charge in [0, 0.05) is 5.57 Å². The van der Waals surface area contributed by atoms with Crippen LogP contribution in [-0.4, -0.2) is 52.0 Å². The number of nitrogens with one attached hydrogen (secondary N) is 1. The Morgan fingerprint density at radius 1 is 1.37 bits per heavy atom. The van der Waals surface area contributed by atoms with E-state index >= 15 is 0 Å². The molecule has 1 aliphatic rings. The van der Waals surface area contributed by atoms with Gasteiger partial charge in [-0.3, -0.25) is 4.79 Å². The summed E-state index contributed by atoms with van der Waals surface area (Å²) in [6.07, 6.45) is -3.47. The van der Waals surface area contributed by atoms with Crippen LogP contribution in [-0.2, 0) is 15.1 Å². The Balaban J connectivity index is 2.60. The molecule has 1 aromatic rings. The van der Waals surface area contributed by atoms with Crippen molar-refractivity contribution in [3.05, 3.63) is 50.1 Å². The fraction of sp³-hybridized carbons (Fsp3) is 0.267. The smallest absolute Gasteiger partial charge is 0.373 e. The van der Waals surface area contributed by atoms with E-state index in [1.54, 1.807) is 5.32 Å². The number of carbonyl (C=O) groups excluding carboxylic acids is 1. The Morgan fingerprint density at radius 2 is 1.97 bits per heavy atom. The van der Waals surface area contributed by atoms with Crippen molar-refractivity contribution in [3.8, 4) is 0 Å². The molecule has 15 heteroatoms. The van der Waals surface area contributed by atoms with Crippen molar-refractivity contribution in [2.75, 3.05) is 0 Å². The highest BCUT2D eigenvalue weighted by Crippen LogP contribution is 2.39. The molecule has 1 unspecified atom stereocenters. The van der Waals surface area contributed by atoms with Crippen LogP contribution in [0.1, 0.15) is 12.5 Å². The molecular formula is C15H10Cl2F3N3O6S. The molecule has 1 aliphatic carbocycles. The molecule has 0 saturated heterocycles. The zero-order valence-electron chi connectivity index (χ0n) is 14.6. The van der Waals surface area contributed by atoms with Gasteiger partial charge in [-0.2, -0.15) is 21.6 Å². The topological polar surface area (TPSA) is 140 Å². The van der Waals surface area contributed by atoms with E-state index in [-0.39, 0.29) is 18.1 Å². The third-order valence-electron chi connectivity index (χ3n) is 3.98. The van der Waals surface area contributed by atoms with Gasteiger partial charge in [-0.25, -0.2) is 0 Å². The van der Waals surface area contributed by atoms with Gasteiger partial charge < -0.3 is 20.5 Å². The summed E-state index contributed by atoms with van der Waals surface area (Å²) in [5.74, 6) is -2.68. The molecule has 9 nitrogen and oxygen atoms in total. The number of nitrogens with zero attached hydrogens (tertiary/aromatic N) is 2. The maximum absolute atomic E-state index is 12.9. The third-order valence-corrected chi connectivity index (χ3v) is 5.63. The molecule has 1 amide bonds. The Kier molecular flexibility index (Phi) is 6.61. The number of halogens is 5. The van der Waals surface area contributed by atoms with Crippen LogP contribution in [0.15, 0.2) is 34.5 Å². The number of allylic oxidation sites excluding steroid dienone is 2. The van der Waals surface area contributed by atoms with Crippen molar-refractivity contribution in [3.63, 3.8) is 0 Å². The average Bonchev–Trinajstić information content (AvgIpc) is 2.64. The molecule has 0 fully saturated rings. The molecule has 0 bridgehead atoms. The maximum Gasteiger partial charge on any atom is 0.426 e. The van der Waals surface area contributed by atoms with Crippen molar-refractivity contribution < 1.29 is 36.4 Å². The predicted octanol–water partition coefficient (Wildman–Crippen LogP) is 1.93. The van der Waals surface area contributed by atoms with Gasteiger partial charge in [0.2, 0.25) is 15.9 Å². The van der Waals surface area contributed by atoms with E-state index in [0.29, 0.717) is 0 Å². The molecule has 0 spiro atoms. The molecule has 0 saturated carbocycles. The van der Waals surface area contributed by atoms with Crippen LogP contribution in [0.25, 0.3) is 5.57 Å². The first-order valence-electron chi connectivity index (χ1n) is 7.63. The van der Waals surface area contributed by atoms with E-state index in [1.165, 1.54) is 12.1 Å². The summed E-state index contributed by atoms with van der Waals surface area (Å²) in [4.78, 5) is 25.1. The molecule has 0 aromatic carbocycles. The Morgan fingerprint density at radius 3 is 2.47 bits per heavy atom. The molecule has 1 aromatic heterocycles. The predicted molar refractivity (Wildman–Crippen MR) is 100 cm³/mol. The molecular weight excluding hydrogens is 478 g/mol. The standard InChI is InChI=1S/C15H10Cl2F3N3O6S/c1-14(25,15(18,19)20)13(24)22-11-8(30(28)29)5-7(9(16)10(11)17)6-3-2-4-21-12(6)23(26)27/h2-5,11,25H,1H3,(H,22,24)/t11?,14-/m1/s1. The number of rotatable bonds is 4. The van der Waals surface area contributed by atoms with Gasteiger partial charge in [-0.05, 0) is 35.0 Å². The SMILES string of the molecule is C[C@@](O)(C(=O)NC1C(Cl)=C(Cl)C(c2cccnc2[N+](=O)[O-])=CC1=S(=O)=O)C(F)(F)F. The Hall–Kier alpha value is -2.48. The lowest BCUT2D eigenvalue weighted by Crippen LogP contribution is -2.58. The molecule has 2 atom stereocenters. The van der Waals surface area contributed by atoms with E-state index in [9.17, 15) is 41.6 Å². The summed E-state index contributed by atoms with van der Waals surface area (Å²) in [6.45, 7) is 0.165.